The molecule has 0 aromatic heterocycles. The second-order valence-electron chi connectivity index (χ2n) is 6.36. The van der Waals surface area contributed by atoms with E-state index in [0.29, 0.717) is 13.1 Å². The third kappa shape index (κ3) is 4.92. The van der Waals surface area contributed by atoms with Crippen molar-refractivity contribution in [2.24, 2.45) is 0 Å². The number of rotatable bonds is 6. The molecule has 4 nitrogen and oxygen atoms in total. The fourth-order valence-electron chi connectivity index (χ4n) is 2.96. The number of nitrogens with one attached hydrogen (secondary N) is 1. The van der Waals surface area contributed by atoms with E-state index in [1.807, 2.05) is 63.2 Å². The molecule has 0 unspecified atom stereocenters. The van der Waals surface area contributed by atoms with Crippen LogP contribution in [-0.4, -0.2) is 18.4 Å². The van der Waals surface area contributed by atoms with Crippen molar-refractivity contribution in [3.05, 3.63) is 64.7 Å². The maximum atomic E-state index is 12.2. The third-order valence-electron chi connectivity index (χ3n) is 4.39. The van der Waals surface area contributed by atoms with Crippen molar-refractivity contribution in [3.8, 4) is 0 Å². The quantitative estimate of drug-likeness (QED) is 0.873. The van der Waals surface area contributed by atoms with Crippen LogP contribution >= 0.6 is 0 Å². The van der Waals surface area contributed by atoms with E-state index in [4.69, 9.17) is 0 Å². The van der Waals surface area contributed by atoms with Crippen molar-refractivity contribution in [2.45, 2.75) is 40.7 Å². The molecule has 0 radical (unpaired) electrons. The molecule has 0 atom stereocenters. The molecule has 132 valence electrons. The Bertz CT molecular complexity index is 748. The molecule has 0 heterocycles. The van der Waals surface area contributed by atoms with Crippen molar-refractivity contribution in [1.82, 2.24) is 5.32 Å². The van der Waals surface area contributed by atoms with E-state index in [0.717, 1.165) is 27.9 Å². The molecule has 2 aromatic carbocycles. The summed E-state index contributed by atoms with van der Waals surface area (Å²) in [7, 11) is 0. The monoisotopic (exact) mass is 338 g/mol. The predicted octanol–water partition coefficient (Wildman–Crippen LogP) is 3.67. The Morgan fingerprint density at radius 3 is 2.12 bits per heavy atom. The van der Waals surface area contributed by atoms with Gasteiger partial charge in [-0.1, -0.05) is 42.5 Å². The number of anilines is 1. The van der Waals surface area contributed by atoms with E-state index in [2.05, 4.69) is 5.32 Å². The zero-order chi connectivity index (χ0) is 18.4. The van der Waals surface area contributed by atoms with Crippen molar-refractivity contribution < 1.29 is 9.59 Å². The number of carbonyl (C=O) groups is 2. The van der Waals surface area contributed by atoms with Gasteiger partial charge in [-0.05, 0) is 43.0 Å². The third-order valence-corrected chi connectivity index (χ3v) is 4.39. The summed E-state index contributed by atoms with van der Waals surface area (Å²) >= 11 is 0. The second kappa shape index (κ2) is 8.47. The van der Waals surface area contributed by atoms with E-state index in [-0.39, 0.29) is 18.2 Å². The van der Waals surface area contributed by atoms with Crippen LogP contribution in [-0.2, 0) is 16.1 Å². The number of amides is 2. The van der Waals surface area contributed by atoms with Gasteiger partial charge in [0.1, 0.15) is 0 Å². The van der Waals surface area contributed by atoms with Crippen LogP contribution in [0, 0.1) is 20.8 Å². The molecular formula is C21H26N2O2. The molecule has 0 spiro atoms. The Balaban J connectivity index is 1.98. The first kappa shape index (κ1) is 18.7. The molecule has 4 heteroatoms. The van der Waals surface area contributed by atoms with Gasteiger partial charge in [-0.2, -0.15) is 0 Å². The average Bonchev–Trinajstić information content (AvgIpc) is 2.56. The molecule has 0 aliphatic carbocycles. The molecule has 0 aliphatic rings. The Morgan fingerprint density at radius 2 is 1.52 bits per heavy atom. The van der Waals surface area contributed by atoms with Crippen LogP contribution in [0.1, 0.15) is 35.6 Å². The Morgan fingerprint density at radius 1 is 0.920 bits per heavy atom. The van der Waals surface area contributed by atoms with Gasteiger partial charge in [-0.3, -0.25) is 9.59 Å². The van der Waals surface area contributed by atoms with Crippen LogP contribution in [0.5, 0.6) is 0 Å². The van der Waals surface area contributed by atoms with Crippen molar-refractivity contribution in [1.29, 1.82) is 0 Å². The van der Waals surface area contributed by atoms with Gasteiger partial charge in [0.25, 0.3) is 0 Å². The van der Waals surface area contributed by atoms with E-state index in [1.165, 1.54) is 6.92 Å². The van der Waals surface area contributed by atoms with Crippen LogP contribution < -0.4 is 10.2 Å². The summed E-state index contributed by atoms with van der Waals surface area (Å²) < 4.78 is 0. The minimum absolute atomic E-state index is 0.0518. The first-order valence-corrected chi connectivity index (χ1v) is 8.55. The van der Waals surface area contributed by atoms with E-state index in [1.54, 1.807) is 4.90 Å². The van der Waals surface area contributed by atoms with Gasteiger partial charge in [0, 0.05) is 32.1 Å². The summed E-state index contributed by atoms with van der Waals surface area (Å²) in [5, 5.41) is 2.94. The molecule has 0 aliphatic heterocycles. The molecule has 0 fully saturated rings. The second-order valence-corrected chi connectivity index (χ2v) is 6.36. The Labute approximate surface area is 149 Å². The summed E-state index contributed by atoms with van der Waals surface area (Å²) in [5.41, 5.74) is 5.24. The summed E-state index contributed by atoms with van der Waals surface area (Å²) in [6.07, 6.45) is 0.277. The van der Waals surface area contributed by atoms with Gasteiger partial charge in [0.05, 0.1) is 0 Å². The predicted molar refractivity (Wildman–Crippen MR) is 102 cm³/mol. The van der Waals surface area contributed by atoms with Gasteiger partial charge >= 0.3 is 0 Å². The first-order chi connectivity index (χ1) is 11.9. The highest BCUT2D eigenvalue weighted by molar-refractivity contribution is 5.94. The summed E-state index contributed by atoms with van der Waals surface area (Å²) in [6, 6.07) is 13.9. The Hall–Kier alpha value is -2.62. The molecule has 1 N–H and O–H groups in total. The van der Waals surface area contributed by atoms with Gasteiger partial charge in [0.2, 0.25) is 11.8 Å². The zero-order valence-electron chi connectivity index (χ0n) is 15.4. The number of nitrogens with zero attached hydrogens (tertiary/aromatic N) is 1. The summed E-state index contributed by atoms with van der Waals surface area (Å²) in [4.78, 5) is 26.0. The normalized spacial score (nSPS) is 10.4. The molecule has 0 saturated heterocycles. The van der Waals surface area contributed by atoms with Crippen LogP contribution in [0.15, 0.2) is 42.5 Å². The van der Waals surface area contributed by atoms with Gasteiger partial charge < -0.3 is 10.2 Å². The topological polar surface area (TPSA) is 49.4 Å². The zero-order valence-corrected chi connectivity index (χ0v) is 15.4. The fourth-order valence-corrected chi connectivity index (χ4v) is 2.96. The van der Waals surface area contributed by atoms with Crippen LogP contribution in [0.3, 0.4) is 0 Å². The van der Waals surface area contributed by atoms with Crippen molar-refractivity contribution in [2.75, 3.05) is 11.4 Å². The van der Waals surface area contributed by atoms with E-state index < -0.39 is 0 Å². The lowest BCUT2D eigenvalue weighted by atomic mass is 10.1. The summed E-state index contributed by atoms with van der Waals surface area (Å²) in [6.45, 7) is 8.42. The van der Waals surface area contributed by atoms with Gasteiger partial charge in [-0.15, -0.1) is 0 Å². The smallest absolute Gasteiger partial charge is 0.223 e. The lowest BCUT2D eigenvalue weighted by Crippen LogP contribution is -2.34. The highest BCUT2D eigenvalue weighted by Gasteiger charge is 2.17. The molecule has 2 rings (SSSR count). The first-order valence-electron chi connectivity index (χ1n) is 8.55. The number of aryl methyl sites for hydroxylation is 3. The largest absolute Gasteiger partial charge is 0.352 e. The summed E-state index contributed by atoms with van der Waals surface area (Å²) in [5.74, 6) is -0.107. The van der Waals surface area contributed by atoms with E-state index in [9.17, 15) is 9.59 Å². The lowest BCUT2D eigenvalue weighted by molar-refractivity contribution is -0.121. The van der Waals surface area contributed by atoms with Crippen LogP contribution in [0.4, 0.5) is 5.69 Å². The minimum Gasteiger partial charge on any atom is -0.352 e. The maximum Gasteiger partial charge on any atom is 0.223 e. The Kier molecular flexibility index (Phi) is 6.34. The minimum atomic E-state index is -0.0549. The molecule has 25 heavy (non-hydrogen) atoms. The molecule has 2 amide bonds. The highest BCUT2D eigenvalue weighted by atomic mass is 16.2. The maximum absolute atomic E-state index is 12.2. The van der Waals surface area contributed by atoms with Gasteiger partial charge in [0.15, 0.2) is 0 Å². The van der Waals surface area contributed by atoms with Crippen molar-refractivity contribution in [3.63, 3.8) is 0 Å². The highest BCUT2D eigenvalue weighted by Crippen LogP contribution is 2.24. The fraction of sp³-hybridized carbons (Fsp3) is 0.333. The average molecular weight is 338 g/mol. The molecule has 0 bridgehead atoms. The van der Waals surface area contributed by atoms with Crippen LogP contribution in [0.25, 0.3) is 0 Å². The number of hydrogen-bond donors (Lipinski definition) is 1. The number of carbonyl (C=O) groups excluding carboxylic acids is 2. The van der Waals surface area contributed by atoms with Gasteiger partial charge in [-0.25, -0.2) is 0 Å². The van der Waals surface area contributed by atoms with Crippen LogP contribution in [0.2, 0.25) is 0 Å². The molecule has 2 aromatic rings. The number of hydrogen-bond acceptors (Lipinski definition) is 2. The molecule has 0 saturated carbocycles. The van der Waals surface area contributed by atoms with E-state index >= 15 is 0 Å². The number of benzene rings is 2. The number of para-hydroxylation sites is 1. The molecular weight excluding hydrogens is 312 g/mol. The van der Waals surface area contributed by atoms with Crippen molar-refractivity contribution >= 4 is 17.5 Å². The standard InChI is InChI=1S/C21H26N2O2/c1-15-8-5-6-11-19(15)14-22-20(25)12-13-23(18(4)24)21-16(2)9-7-10-17(21)3/h5-11H,12-14H2,1-4H3,(H,22,25). The SMILES string of the molecule is CC(=O)N(CCC(=O)NCc1ccccc1C)c1c(C)cccc1C. The lowest BCUT2D eigenvalue weighted by Gasteiger charge is -2.25.